The largest absolute Gasteiger partial charge is 0.497 e. The summed E-state index contributed by atoms with van der Waals surface area (Å²) in [4.78, 5) is 0. The van der Waals surface area contributed by atoms with E-state index in [0.717, 1.165) is 30.6 Å². The fourth-order valence-electron chi connectivity index (χ4n) is 3.20. The molecule has 0 heterocycles. The SMILES string of the molecule is CNCC1CCCCC1Cc1cc(OC)ccc1Br. The minimum Gasteiger partial charge on any atom is -0.497 e. The lowest BCUT2D eigenvalue weighted by Gasteiger charge is -2.32. The molecule has 2 unspecified atom stereocenters. The van der Waals surface area contributed by atoms with E-state index in [0.29, 0.717) is 0 Å². The highest BCUT2D eigenvalue weighted by atomic mass is 79.9. The lowest BCUT2D eigenvalue weighted by molar-refractivity contribution is 0.232. The normalized spacial score (nSPS) is 23.3. The number of methoxy groups -OCH3 is 1. The number of halogens is 1. The summed E-state index contributed by atoms with van der Waals surface area (Å²) in [5.41, 5.74) is 1.38. The molecule has 2 rings (SSSR count). The third-order valence-electron chi connectivity index (χ3n) is 4.27. The van der Waals surface area contributed by atoms with Crippen LogP contribution >= 0.6 is 15.9 Å². The predicted octanol–water partition coefficient (Wildman–Crippen LogP) is 4.03. The molecule has 106 valence electrons. The summed E-state index contributed by atoms with van der Waals surface area (Å²) in [6, 6.07) is 6.29. The minimum atomic E-state index is 0.796. The molecule has 0 spiro atoms. The van der Waals surface area contributed by atoms with Gasteiger partial charge in [0, 0.05) is 4.47 Å². The zero-order valence-corrected chi connectivity index (χ0v) is 13.5. The number of rotatable bonds is 5. The maximum atomic E-state index is 5.34. The molecule has 1 aliphatic carbocycles. The summed E-state index contributed by atoms with van der Waals surface area (Å²) < 4.78 is 6.55. The van der Waals surface area contributed by atoms with Crippen molar-refractivity contribution in [2.45, 2.75) is 32.1 Å². The van der Waals surface area contributed by atoms with Gasteiger partial charge in [-0.3, -0.25) is 0 Å². The van der Waals surface area contributed by atoms with E-state index in [1.54, 1.807) is 7.11 Å². The van der Waals surface area contributed by atoms with Crippen molar-refractivity contribution in [2.75, 3.05) is 20.7 Å². The second-order valence-electron chi connectivity index (χ2n) is 5.52. The average molecular weight is 326 g/mol. The standard InChI is InChI=1S/C16H24BrNO/c1-18-11-13-6-4-3-5-12(13)9-14-10-15(19-2)7-8-16(14)17/h7-8,10,12-13,18H,3-6,9,11H2,1-2H3. The zero-order valence-electron chi connectivity index (χ0n) is 11.9. The first kappa shape index (κ1) is 14.9. The van der Waals surface area contributed by atoms with Crippen LogP contribution in [0.4, 0.5) is 0 Å². The maximum Gasteiger partial charge on any atom is 0.119 e. The van der Waals surface area contributed by atoms with Crippen LogP contribution in [0.2, 0.25) is 0 Å². The van der Waals surface area contributed by atoms with Crippen LogP contribution in [0.15, 0.2) is 22.7 Å². The summed E-state index contributed by atoms with van der Waals surface area (Å²) in [5.74, 6) is 2.57. The van der Waals surface area contributed by atoms with Crippen molar-refractivity contribution in [3.8, 4) is 5.75 Å². The molecular formula is C16H24BrNO. The van der Waals surface area contributed by atoms with Crippen LogP contribution < -0.4 is 10.1 Å². The summed E-state index contributed by atoms with van der Waals surface area (Å²) in [6.45, 7) is 1.15. The smallest absolute Gasteiger partial charge is 0.119 e. The summed E-state index contributed by atoms with van der Waals surface area (Å²) in [6.07, 6.45) is 6.65. The Balaban J connectivity index is 2.09. The van der Waals surface area contributed by atoms with E-state index in [1.807, 2.05) is 6.07 Å². The Kier molecular flexibility index (Phi) is 5.71. The quantitative estimate of drug-likeness (QED) is 0.882. The third-order valence-corrected chi connectivity index (χ3v) is 5.04. The number of ether oxygens (including phenoxy) is 1. The van der Waals surface area contributed by atoms with Crippen LogP contribution in [0.3, 0.4) is 0 Å². The molecule has 0 amide bonds. The van der Waals surface area contributed by atoms with Crippen LogP contribution in [-0.4, -0.2) is 20.7 Å². The van der Waals surface area contributed by atoms with Crippen LogP contribution in [0, 0.1) is 11.8 Å². The van der Waals surface area contributed by atoms with Gasteiger partial charge in [-0.25, -0.2) is 0 Å². The highest BCUT2D eigenvalue weighted by Gasteiger charge is 2.25. The number of benzene rings is 1. The van der Waals surface area contributed by atoms with Gasteiger partial charge in [0.05, 0.1) is 7.11 Å². The van der Waals surface area contributed by atoms with E-state index in [-0.39, 0.29) is 0 Å². The summed E-state index contributed by atoms with van der Waals surface area (Å²) in [7, 11) is 3.80. The van der Waals surface area contributed by atoms with Crippen molar-refractivity contribution in [1.82, 2.24) is 5.32 Å². The molecule has 2 atom stereocenters. The van der Waals surface area contributed by atoms with Gasteiger partial charge in [-0.15, -0.1) is 0 Å². The van der Waals surface area contributed by atoms with E-state index in [9.17, 15) is 0 Å². The van der Waals surface area contributed by atoms with E-state index < -0.39 is 0 Å². The van der Waals surface area contributed by atoms with E-state index in [1.165, 1.54) is 35.7 Å². The highest BCUT2D eigenvalue weighted by molar-refractivity contribution is 9.10. The maximum absolute atomic E-state index is 5.34. The van der Waals surface area contributed by atoms with Crippen molar-refractivity contribution < 1.29 is 4.74 Å². The Morgan fingerprint density at radius 2 is 2.00 bits per heavy atom. The van der Waals surface area contributed by atoms with Gasteiger partial charge in [-0.2, -0.15) is 0 Å². The predicted molar refractivity (Wildman–Crippen MR) is 83.8 cm³/mol. The molecule has 19 heavy (non-hydrogen) atoms. The fourth-order valence-corrected chi connectivity index (χ4v) is 3.61. The van der Waals surface area contributed by atoms with Crippen LogP contribution in [0.25, 0.3) is 0 Å². The van der Waals surface area contributed by atoms with Crippen molar-refractivity contribution in [3.63, 3.8) is 0 Å². The van der Waals surface area contributed by atoms with Crippen LogP contribution in [-0.2, 0) is 6.42 Å². The van der Waals surface area contributed by atoms with Crippen molar-refractivity contribution in [1.29, 1.82) is 0 Å². The minimum absolute atomic E-state index is 0.796. The van der Waals surface area contributed by atoms with Gasteiger partial charge in [0.2, 0.25) is 0 Å². The Bertz CT molecular complexity index is 406. The Morgan fingerprint density at radius 1 is 1.26 bits per heavy atom. The molecule has 0 radical (unpaired) electrons. The Morgan fingerprint density at radius 3 is 2.68 bits per heavy atom. The van der Waals surface area contributed by atoms with Gasteiger partial charge in [0.1, 0.15) is 5.75 Å². The summed E-state index contributed by atoms with van der Waals surface area (Å²) in [5, 5.41) is 3.35. The molecule has 1 N–H and O–H groups in total. The zero-order chi connectivity index (χ0) is 13.7. The number of hydrogen-bond acceptors (Lipinski definition) is 2. The molecular weight excluding hydrogens is 302 g/mol. The fraction of sp³-hybridized carbons (Fsp3) is 0.625. The third kappa shape index (κ3) is 3.96. The molecule has 1 saturated carbocycles. The van der Waals surface area contributed by atoms with Gasteiger partial charge in [-0.1, -0.05) is 28.8 Å². The van der Waals surface area contributed by atoms with Crippen molar-refractivity contribution in [3.05, 3.63) is 28.2 Å². The van der Waals surface area contributed by atoms with Gasteiger partial charge in [0.25, 0.3) is 0 Å². The van der Waals surface area contributed by atoms with Crippen LogP contribution in [0.5, 0.6) is 5.75 Å². The molecule has 0 aromatic heterocycles. The van der Waals surface area contributed by atoms with E-state index >= 15 is 0 Å². The molecule has 0 aliphatic heterocycles. The highest BCUT2D eigenvalue weighted by Crippen LogP contribution is 2.34. The monoisotopic (exact) mass is 325 g/mol. The molecule has 0 saturated heterocycles. The van der Waals surface area contributed by atoms with Crippen molar-refractivity contribution in [2.24, 2.45) is 11.8 Å². The molecule has 3 heteroatoms. The number of nitrogens with one attached hydrogen (secondary N) is 1. The van der Waals surface area contributed by atoms with Crippen molar-refractivity contribution >= 4 is 15.9 Å². The molecule has 1 aromatic rings. The van der Waals surface area contributed by atoms with Gasteiger partial charge in [0.15, 0.2) is 0 Å². The first-order valence-electron chi connectivity index (χ1n) is 7.21. The first-order valence-corrected chi connectivity index (χ1v) is 8.01. The average Bonchev–Trinajstić information content (AvgIpc) is 2.43. The lowest BCUT2D eigenvalue weighted by Crippen LogP contribution is -2.30. The lowest BCUT2D eigenvalue weighted by atomic mass is 9.76. The first-order chi connectivity index (χ1) is 9.24. The molecule has 1 fully saturated rings. The van der Waals surface area contributed by atoms with E-state index in [4.69, 9.17) is 4.74 Å². The Hall–Kier alpha value is -0.540. The molecule has 2 nitrogen and oxygen atoms in total. The van der Waals surface area contributed by atoms with E-state index in [2.05, 4.69) is 40.4 Å². The molecule has 1 aliphatic rings. The summed E-state index contributed by atoms with van der Waals surface area (Å²) >= 11 is 3.67. The Labute approximate surface area is 125 Å². The molecule has 1 aromatic carbocycles. The molecule has 0 bridgehead atoms. The van der Waals surface area contributed by atoms with Gasteiger partial charge < -0.3 is 10.1 Å². The van der Waals surface area contributed by atoms with Gasteiger partial charge >= 0.3 is 0 Å². The number of hydrogen-bond donors (Lipinski definition) is 1. The van der Waals surface area contributed by atoms with Crippen LogP contribution in [0.1, 0.15) is 31.2 Å². The topological polar surface area (TPSA) is 21.3 Å². The van der Waals surface area contributed by atoms with Gasteiger partial charge in [-0.05, 0) is 68.5 Å². The second-order valence-corrected chi connectivity index (χ2v) is 6.38. The second kappa shape index (κ2) is 7.30.